The molecule has 0 aromatic heterocycles. The van der Waals surface area contributed by atoms with Gasteiger partial charge in [0.15, 0.2) is 5.96 Å². The van der Waals surface area contributed by atoms with E-state index in [1.165, 1.54) is 0 Å². The first kappa shape index (κ1) is 25.2. The van der Waals surface area contributed by atoms with E-state index in [-0.39, 0.29) is 30.1 Å². The minimum Gasteiger partial charge on any atom is -0.489 e. The Kier molecular flexibility index (Phi) is 12.8. The molecular weight excluding hydrogens is 485 g/mol. The first-order chi connectivity index (χ1) is 13.2. The molecule has 0 spiro atoms. The van der Waals surface area contributed by atoms with Crippen LogP contribution >= 0.6 is 24.0 Å². The van der Waals surface area contributed by atoms with Crippen molar-refractivity contribution in [3.05, 3.63) is 30.3 Å². The van der Waals surface area contributed by atoms with Gasteiger partial charge in [-0.2, -0.15) is 0 Å². The Bertz CT molecular complexity index is 601. The number of halogens is 1. The van der Waals surface area contributed by atoms with Crippen molar-refractivity contribution >= 4 is 40.7 Å². The van der Waals surface area contributed by atoms with Crippen LogP contribution in [0.4, 0.5) is 0 Å². The van der Waals surface area contributed by atoms with E-state index >= 15 is 0 Å². The molecule has 0 radical (unpaired) electrons. The second-order valence-corrected chi connectivity index (χ2v) is 8.99. The third-order valence-electron chi connectivity index (χ3n) is 4.92. The van der Waals surface area contributed by atoms with Crippen LogP contribution in [0, 0.1) is 0 Å². The molecule has 0 saturated heterocycles. The molecule has 5 nitrogen and oxygen atoms in total. The predicted octanol–water partition coefficient (Wildman–Crippen LogP) is 4.10. The summed E-state index contributed by atoms with van der Waals surface area (Å²) in [5.74, 6) is 2.47. The number of guanidine groups is 1. The Morgan fingerprint density at radius 3 is 2.64 bits per heavy atom. The molecule has 0 bridgehead atoms. The Morgan fingerprint density at radius 1 is 1.25 bits per heavy atom. The van der Waals surface area contributed by atoms with Crippen LogP contribution in [0.1, 0.15) is 52.9 Å². The molecule has 4 atom stereocenters. The molecule has 2 N–H and O–H groups in total. The van der Waals surface area contributed by atoms with Gasteiger partial charge in [-0.25, -0.2) is 4.99 Å². The van der Waals surface area contributed by atoms with Crippen molar-refractivity contribution in [1.29, 1.82) is 0 Å². The summed E-state index contributed by atoms with van der Waals surface area (Å²) in [6, 6.07) is 10.2. The lowest BCUT2D eigenvalue weighted by Gasteiger charge is -2.30. The molecule has 4 unspecified atom stereocenters. The van der Waals surface area contributed by atoms with E-state index in [1.807, 2.05) is 37.3 Å². The van der Waals surface area contributed by atoms with Crippen molar-refractivity contribution in [2.45, 2.75) is 70.3 Å². The molecule has 1 aliphatic carbocycles. The van der Waals surface area contributed by atoms with Gasteiger partial charge in [0.1, 0.15) is 11.9 Å². The molecule has 1 fully saturated rings. The topological polar surface area (TPSA) is 62.7 Å². The summed E-state index contributed by atoms with van der Waals surface area (Å²) in [4.78, 5) is 4.76. The number of nitrogens with one attached hydrogen (secondary N) is 2. The first-order valence-corrected chi connectivity index (χ1v) is 11.7. The summed E-state index contributed by atoms with van der Waals surface area (Å²) < 4.78 is 18.2. The third-order valence-corrected chi connectivity index (χ3v) is 6.66. The smallest absolute Gasteiger partial charge is 0.191 e. The number of aliphatic imine (C=N–C) groups is 1. The Balaban J connectivity index is 0.00000392. The van der Waals surface area contributed by atoms with Crippen LogP contribution in [0.15, 0.2) is 35.3 Å². The molecule has 0 amide bonds. The highest BCUT2D eigenvalue weighted by atomic mass is 127. The largest absolute Gasteiger partial charge is 0.489 e. The SMILES string of the molecule is CCNC(=NCC(CC)Oc1ccccc1)NC1CCCC(S(=O)CC)C1.I. The van der Waals surface area contributed by atoms with Gasteiger partial charge < -0.3 is 15.4 Å². The van der Waals surface area contributed by atoms with E-state index in [9.17, 15) is 4.21 Å². The Morgan fingerprint density at radius 2 is 2.00 bits per heavy atom. The quantitative estimate of drug-likeness (QED) is 0.292. The second kappa shape index (κ2) is 14.2. The molecular formula is C21H36IN3O2S. The maximum atomic E-state index is 12.2. The van der Waals surface area contributed by atoms with Crippen molar-refractivity contribution in [3.8, 4) is 5.75 Å². The average Bonchev–Trinajstić information content (AvgIpc) is 2.71. The fraction of sp³-hybridized carbons (Fsp3) is 0.667. The van der Waals surface area contributed by atoms with Crippen molar-refractivity contribution in [2.24, 2.45) is 4.99 Å². The molecule has 1 saturated carbocycles. The predicted molar refractivity (Wildman–Crippen MR) is 130 cm³/mol. The van der Waals surface area contributed by atoms with Crippen LogP contribution < -0.4 is 15.4 Å². The summed E-state index contributed by atoms with van der Waals surface area (Å²) in [7, 11) is -0.708. The zero-order chi connectivity index (χ0) is 19.5. The molecule has 28 heavy (non-hydrogen) atoms. The van der Waals surface area contributed by atoms with Crippen LogP contribution in [0.2, 0.25) is 0 Å². The van der Waals surface area contributed by atoms with E-state index < -0.39 is 10.8 Å². The minimum absolute atomic E-state index is 0. The molecule has 2 rings (SSSR count). The molecule has 160 valence electrons. The van der Waals surface area contributed by atoms with Gasteiger partial charge in [0.2, 0.25) is 0 Å². The summed E-state index contributed by atoms with van der Waals surface area (Å²) in [6.07, 6.45) is 5.23. The third kappa shape index (κ3) is 8.68. The van der Waals surface area contributed by atoms with Crippen molar-refractivity contribution in [3.63, 3.8) is 0 Å². The van der Waals surface area contributed by atoms with Crippen molar-refractivity contribution in [2.75, 3.05) is 18.8 Å². The number of para-hydroxylation sites is 1. The lowest BCUT2D eigenvalue weighted by atomic mass is 9.95. The molecule has 0 heterocycles. The fourth-order valence-electron chi connectivity index (χ4n) is 3.40. The van der Waals surface area contributed by atoms with Gasteiger partial charge >= 0.3 is 0 Å². The highest BCUT2D eigenvalue weighted by molar-refractivity contribution is 14.0. The lowest BCUT2D eigenvalue weighted by Crippen LogP contribution is -2.47. The fourth-order valence-corrected chi connectivity index (χ4v) is 4.75. The van der Waals surface area contributed by atoms with E-state index in [0.717, 1.165) is 56.1 Å². The van der Waals surface area contributed by atoms with E-state index in [1.54, 1.807) is 0 Å². The van der Waals surface area contributed by atoms with Gasteiger partial charge in [-0.1, -0.05) is 38.5 Å². The van der Waals surface area contributed by atoms with Gasteiger partial charge in [0.25, 0.3) is 0 Å². The molecule has 1 aliphatic rings. The summed E-state index contributed by atoms with van der Waals surface area (Å²) in [5.41, 5.74) is 0. The number of hydrogen-bond acceptors (Lipinski definition) is 3. The van der Waals surface area contributed by atoms with Crippen molar-refractivity contribution < 1.29 is 8.95 Å². The van der Waals surface area contributed by atoms with Crippen LogP contribution in [0.5, 0.6) is 5.75 Å². The molecule has 0 aliphatic heterocycles. The van der Waals surface area contributed by atoms with Gasteiger partial charge in [0.05, 0.1) is 6.54 Å². The molecule has 1 aromatic rings. The average molecular weight is 522 g/mol. The van der Waals surface area contributed by atoms with E-state index in [4.69, 9.17) is 9.73 Å². The Labute approximate surface area is 190 Å². The van der Waals surface area contributed by atoms with Gasteiger partial charge in [-0.15, -0.1) is 24.0 Å². The summed E-state index contributed by atoms with van der Waals surface area (Å²) >= 11 is 0. The zero-order valence-electron chi connectivity index (χ0n) is 17.4. The lowest BCUT2D eigenvalue weighted by molar-refractivity contribution is 0.205. The van der Waals surface area contributed by atoms with Crippen LogP contribution in [0.25, 0.3) is 0 Å². The molecule has 7 heteroatoms. The summed E-state index contributed by atoms with van der Waals surface area (Å²) in [5, 5.41) is 7.21. The number of rotatable bonds is 9. The maximum absolute atomic E-state index is 12.2. The minimum atomic E-state index is -0.708. The first-order valence-electron chi connectivity index (χ1n) is 10.3. The highest BCUT2D eigenvalue weighted by Crippen LogP contribution is 2.23. The standard InChI is InChI=1S/C21H35N3O2S.HI/c1-4-18(26-19-12-8-7-9-13-19)16-23-21(22-5-2)24-17-11-10-14-20(15-17)27(25)6-3;/h7-9,12-13,17-18,20H,4-6,10-11,14-16H2,1-3H3,(H2,22,23,24);1H. The number of nitrogens with zero attached hydrogens (tertiary/aromatic N) is 1. The Hall–Kier alpha value is -0.830. The van der Waals surface area contributed by atoms with E-state index in [0.29, 0.717) is 17.8 Å². The van der Waals surface area contributed by atoms with Gasteiger partial charge in [-0.05, 0) is 44.7 Å². The monoisotopic (exact) mass is 521 g/mol. The number of ether oxygens (including phenoxy) is 1. The van der Waals surface area contributed by atoms with Crippen molar-refractivity contribution in [1.82, 2.24) is 10.6 Å². The van der Waals surface area contributed by atoms with Crippen LogP contribution in [0.3, 0.4) is 0 Å². The maximum Gasteiger partial charge on any atom is 0.191 e. The van der Waals surface area contributed by atoms with E-state index in [2.05, 4.69) is 24.5 Å². The normalized spacial score (nSPS) is 21.9. The zero-order valence-corrected chi connectivity index (χ0v) is 20.5. The molecule has 1 aromatic carbocycles. The van der Waals surface area contributed by atoms with Crippen LogP contribution in [-0.2, 0) is 10.8 Å². The van der Waals surface area contributed by atoms with Gasteiger partial charge in [-0.3, -0.25) is 4.21 Å². The number of hydrogen-bond donors (Lipinski definition) is 2. The summed E-state index contributed by atoms with van der Waals surface area (Å²) in [6.45, 7) is 7.63. The van der Waals surface area contributed by atoms with Gasteiger partial charge in [0, 0.05) is 34.4 Å². The highest BCUT2D eigenvalue weighted by Gasteiger charge is 2.26. The number of benzene rings is 1. The van der Waals surface area contributed by atoms with Crippen LogP contribution in [-0.4, -0.2) is 46.4 Å². The second-order valence-electron chi connectivity index (χ2n) is 6.98.